The highest BCUT2D eigenvalue weighted by atomic mass is 16.3. The zero-order chi connectivity index (χ0) is 15.9. The smallest absolute Gasteiger partial charge is 0.319 e. The van der Waals surface area contributed by atoms with Crippen molar-refractivity contribution in [3.8, 4) is 0 Å². The van der Waals surface area contributed by atoms with E-state index >= 15 is 0 Å². The lowest BCUT2D eigenvalue weighted by molar-refractivity contribution is 0.155. The third kappa shape index (κ3) is 4.56. The molecule has 0 radical (unpaired) electrons. The van der Waals surface area contributed by atoms with Crippen LogP contribution in [-0.2, 0) is 0 Å². The van der Waals surface area contributed by atoms with Gasteiger partial charge in [-0.15, -0.1) is 0 Å². The lowest BCUT2D eigenvalue weighted by Crippen LogP contribution is -2.37. The summed E-state index contributed by atoms with van der Waals surface area (Å²) < 4.78 is 0. The number of pyridine rings is 1. The Balaban J connectivity index is 1.85. The summed E-state index contributed by atoms with van der Waals surface area (Å²) in [7, 11) is 0. The average Bonchev–Trinajstić information content (AvgIpc) is 2.50. The molecule has 22 heavy (non-hydrogen) atoms. The van der Waals surface area contributed by atoms with Crippen molar-refractivity contribution in [3.63, 3.8) is 0 Å². The molecule has 0 fully saturated rings. The van der Waals surface area contributed by atoms with Gasteiger partial charge in [-0.25, -0.2) is 4.79 Å². The van der Waals surface area contributed by atoms with Crippen LogP contribution in [0.25, 0.3) is 0 Å². The molecule has 0 spiro atoms. The first-order valence-electron chi connectivity index (χ1n) is 7.27. The Hall–Kier alpha value is -2.40. The van der Waals surface area contributed by atoms with Crippen molar-refractivity contribution >= 4 is 11.7 Å². The van der Waals surface area contributed by atoms with Crippen LogP contribution in [0, 0.1) is 6.92 Å². The number of aryl methyl sites for hydroxylation is 1. The number of aliphatic hydroxyl groups is 1. The van der Waals surface area contributed by atoms with Gasteiger partial charge in [0.25, 0.3) is 0 Å². The van der Waals surface area contributed by atoms with Crippen LogP contribution in [0.15, 0.2) is 48.8 Å². The number of nitrogens with one attached hydrogen (secondary N) is 2. The fourth-order valence-electron chi connectivity index (χ4n) is 2.20. The van der Waals surface area contributed by atoms with Crippen LogP contribution < -0.4 is 10.6 Å². The molecule has 0 saturated heterocycles. The molecule has 5 heteroatoms. The van der Waals surface area contributed by atoms with E-state index in [1.165, 1.54) is 0 Å². The third-order valence-corrected chi connectivity index (χ3v) is 3.41. The van der Waals surface area contributed by atoms with Gasteiger partial charge in [-0.05, 0) is 37.5 Å². The second kappa shape index (κ2) is 7.56. The van der Waals surface area contributed by atoms with E-state index in [1.54, 1.807) is 18.5 Å². The van der Waals surface area contributed by atoms with E-state index < -0.39 is 6.10 Å². The molecular weight excluding hydrogens is 278 g/mol. The van der Waals surface area contributed by atoms with Crippen LogP contribution in [0.2, 0.25) is 0 Å². The molecule has 2 atom stereocenters. The number of anilines is 1. The highest BCUT2D eigenvalue weighted by molar-refractivity contribution is 5.90. The second-order valence-electron chi connectivity index (χ2n) is 5.35. The minimum Gasteiger partial charge on any atom is -0.388 e. The molecule has 1 heterocycles. The molecule has 116 valence electrons. The van der Waals surface area contributed by atoms with Crippen molar-refractivity contribution in [1.29, 1.82) is 0 Å². The molecule has 2 aromatic rings. The Morgan fingerprint density at radius 2 is 2.00 bits per heavy atom. The number of aliphatic hydroxyl groups excluding tert-OH is 1. The Bertz CT molecular complexity index is 616. The molecule has 0 saturated carbocycles. The highest BCUT2D eigenvalue weighted by Crippen LogP contribution is 2.18. The first-order chi connectivity index (χ1) is 10.6. The Labute approximate surface area is 130 Å². The Kier molecular flexibility index (Phi) is 5.49. The number of benzene rings is 1. The summed E-state index contributed by atoms with van der Waals surface area (Å²) in [5.41, 5.74) is 2.47. The van der Waals surface area contributed by atoms with Gasteiger partial charge in [0, 0.05) is 24.1 Å². The zero-order valence-corrected chi connectivity index (χ0v) is 12.8. The van der Waals surface area contributed by atoms with Gasteiger partial charge >= 0.3 is 6.03 Å². The van der Waals surface area contributed by atoms with Crippen LogP contribution in [-0.4, -0.2) is 22.2 Å². The van der Waals surface area contributed by atoms with Gasteiger partial charge in [-0.1, -0.05) is 30.3 Å². The summed E-state index contributed by atoms with van der Waals surface area (Å²) in [5, 5.41) is 15.8. The first kappa shape index (κ1) is 16.0. The van der Waals surface area contributed by atoms with E-state index in [4.69, 9.17) is 0 Å². The van der Waals surface area contributed by atoms with Crippen molar-refractivity contribution < 1.29 is 9.90 Å². The maximum Gasteiger partial charge on any atom is 0.319 e. The molecule has 0 aliphatic rings. The lowest BCUT2D eigenvalue weighted by Gasteiger charge is -2.19. The van der Waals surface area contributed by atoms with Gasteiger partial charge in [0.1, 0.15) is 0 Å². The number of hydrogen-bond donors (Lipinski definition) is 3. The van der Waals surface area contributed by atoms with Crippen LogP contribution in [0.1, 0.15) is 30.6 Å². The first-order valence-corrected chi connectivity index (χ1v) is 7.27. The van der Waals surface area contributed by atoms with E-state index in [0.29, 0.717) is 6.42 Å². The molecule has 2 rings (SSSR count). The summed E-state index contributed by atoms with van der Waals surface area (Å²) in [6, 6.07) is 10.7. The van der Waals surface area contributed by atoms with E-state index in [-0.39, 0.29) is 12.1 Å². The van der Waals surface area contributed by atoms with Gasteiger partial charge in [0.05, 0.1) is 6.10 Å². The molecule has 1 aromatic carbocycles. The summed E-state index contributed by atoms with van der Waals surface area (Å²) in [6.07, 6.45) is 3.18. The van der Waals surface area contributed by atoms with E-state index in [9.17, 15) is 9.90 Å². The van der Waals surface area contributed by atoms with Crippen molar-refractivity contribution in [2.45, 2.75) is 32.4 Å². The van der Waals surface area contributed by atoms with Gasteiger partial charge in [-0.2, -0.15) is 0 Å². The van der Waals surface area contributed by atoms with Crippen LogP contribution in [0.4, 0.5) is 10.5 Å². The molecule has 5 nitrogen and oxygen atoms in total. The molecule has 0 bridgehead atoms. The van der Waals surface area contributed by atoms with E-state index in [1.807, 2.05) is 44.2 Å². The third-order valence-electron chi connectivity index (χ3n) is 3.41. The van der Waals surface area contributed by atoms with Crippen molar-refractivity contribution in [1.82, 2.24) is 10.3 Å². The van der Waals surface area contributed by atoms with Gasteiger partial charge in [-0.3, -0.25) is 4.98 Å². The maximum absolute atomic E-state index is 12.0. The van der Waals surface area contributed by atoms with Gasteiger partial charge in [0.15, 0.2) is 0 Å². The van der Waals surface area contributed by atoms with Crippen molar-refractivity contribution in [3.05, 3.63) is 59.9 Å². The quantitative estimate of drug-likeness (QED) is 0.794. The summed E-state index contributed by atoms with van der Waals surface area (Å²) in [5.74, 6) is 0. The summed E-state index contributed by atoms with van der Waals surface area (Å²) >= 11 is 0. The topological polar surface area (TPSA) is 74.2 Å². The van der Waals surface area contributed by atoms with Crippen molar-refractivity contribution in [2.24, 2.45) is 0 Å². The van der Waals surface area contributed by atoms with Gasteiger partial charge < -0.3 is 15.7 Å². The maximum atomic E-state index is 12.0. The number of nitrogens with zero attached hydrogens (tertiary/aromatic N) is 1. The fraction of sp³-hybridized carbons (Fsp3) is 0.294. The lowest BCUT2D eigenvalue weighted by atomic mass is 10.0. The Morgan fingerprint density at radius 3 is 2.68 bits per heavy atom. The summed E-state index contributed by atoms with van der Waals surface area (Å²) in [4.78, 5) is 16.0. The SMILES string of the molecule is Cc1cnccc1NC(=O)NC(C)CC(O)c1ccccc1. The van der Waals surface area contributed by atoms with Crippen LogP contribution in [0.3, 0.4) is 0 Å². The molecule has 2 amide bonds. The van der Waals surface area contributed by atoms with E-state index in [0.717, 1.165) is 16.8 Å². The molecule has 2 unspecified atom stereocenters. The number of amides is 2. The zero-order valence-electron chi connectivity index (χ0n) is 12.8. The average molecular weight is 299 g/mol. The van der Waals surface area contributed by atoms with Crippen molar-refractivity contribution in [2.75, 3.05) is 5.32 Å². The molecular formula is C17H21N3O2. The number of rotatable bonds is 5. The largest absolute Gasteiger partial charge is 0.388 e. The summed E-state index contributed by atoms with van der Waals surface area (Å²) in [6.45, 7) is 3.75. The fourth-order valence-corrected chi connectivity index (χ4v) is 2.20. The number of hydrogen-bond acceptors (Lipinski definition) is 3. The minimum absolute atomic E-state index is 0.155. The van der Waals surface area contributed by atoms with Crippen LogP contribution >= 0.6 is 0 Å². The number of aromatic nitrogens is 1. The number of carbonyl (C=O) groups excluding carboxylic acids is 1. The predicted octanol–water partition coefficient (Wildman–Crippen LogP) is 3.02. The predicted molar refractivity (Wildman–Crippen MR) is 86.6 cm³/mol. The molecule has 1 aromatic heterocycles. The van der Waals surface area contributed by atoms with E-state index in [2.05, 4.69) is 15.6 Å². The number of carbonyl (C=O) groups is 1. The monoisotopic (exact) mass is 299 g/mol. The molecule has 0 aliphatic carbocycles. The van der Waals surface area contributed by atoms with Gasteiger partial charge in [0.2, 0.25) is 0 Å². The van der Waals surface area contributed by atoms with Crippen LogP contribution in [0.5, 0.6) is 0 Å². The molecule has 3 N–H and O–H groups in total. The normalized spacial score (nSPS) is 13.2. The minimum atomic E-state index is -0.598. The number of urea groups is 1. The second-order valence-corrected chi connectivity index (χ2v) is 5.35. The highest BCUT2D eigenvalue weighted by Gasteiger charge is 2.14. The molecule has 0 aliphatic heterocycles. The Morgan fingerprint density at radius 1 is 1.27 bits per heavy atom. The standard InChI is InChI=1S/C17H21N3O2/c1-12-11-18-9-8-15(12)20-17(22)19-13(2)10-16(21)14-6-4-3-5-7-14/h3-9,11,13,16,21H,10H2,1-2H3,(H2,18,19,20,22).